The molecule has 2 fully saturated rings. The summed E-state index contributed by atoms with van der Waals surface area (Å²) in [5.41, 5.74) is 6.51. The number of nitrogens with zero attached hydrogens (tertiary/aromatic N) is 1. The first kappa shape index (κ1) is 16.3. The molecule has 4 unspecified atom stereocenters. The predicted octanol–water partition coefficient (Wildman–Crippen LogP) is 3.17. The summed E-state index contributed by atoms with van der Waals surface area (Å²) in [5, 5.41) is 0. The van der Waals surface area contributed by atoms with Crippen molar-refractivity contribution in [2.75, 3.05) is 19.6 Å². The SMILES string of the molecule is CCCC1CCCC(CN)(N2CC(C)OC(C)C2)CC1. The highest BCUT2D eigenvalue weighted by Gasteiger charge is 2.40. The molecule has 2 aliphatic rings. The second-order valence-corrected chi connectivity index (χ2v) is 7.18. The highest BCUT2D eigenvalue weighted by Crippen LogP contribution is 2.37. The average molecular weight is 282 g/mol. The summed E-state index contributed by atoms with van der Waals surface area (Å²) >= 11 is 0. The summed E-state index contributed by atoms with van der Waals surface area (Å²) in [6.07, 6.45) is 10.1. The van der Waals surface area contributed by atoms with E-state index in [4.69, 9.17) is 10.5 Å². The van der Waals surface area contributed by atoms with Crippen LogP contribution in [0.5, 0.6) is 0 Å². The van der Waals surface area contributed by atoms with E-state index in [1.54, 1.807) is 0 Å². The Morgan fingerprint density at radius 2 is 1.85 bits per heavy atom. The Kier molecular flexibility index (Phi) is 5.88. The molecule has 2 rings (SSSR count). The quantitative estimate of drug-likeness (QED) is 0.805. The van der Waals surface area contributed by atoms with Crippen molar-refractivity contribution in [2.24, 2.45) is 11.7 Å². The molecule has 0 aromatic carbocycles. The van der Waals surface area contributed by atoms with Gasteiger partial charge in [-0.15, -0.1) is 0 Å². The topological polar surface area (TPSA) is 38.5 Å². The van der Waals surface area contributed by atoms with E-state index in [2.05, 4.69) is 25.7 Å². The molecule has 1 saturated carbocycles. The molecule has 1 heterocycles. The Bertz CT molecular complexity index is 287. The van der Waals surface area contributed by atoms with Crippen molar-refractivity contribution in [3.05, 3.63) is 0 Å². The molecule has 0 aromatic heterocycles. The first-order valence-corrected chi connectivity index (χ1v) is 8.70. The molecule has 1 aliphatic heterocycles. The summed E-state index contributed by atoms with van der Waals surface area (Å²) in [7, 11) is 0. The van der Waals surface area contributed by atoms with Crippen molar-refractivity contribution >= 4 is 0 Å². The first-order valence-electron chi connectivity index (χ1n) is 8.70. The number of nitrogens with two attached hydrogens (primary N) is 1. The number of morpholine rings is 1. The van der Waals surface area contributed by atoms with Crippen LogP contribution in [0.3, 0.4) is 0 Å². The first-order chi connectivity index (χ1) is 9.59. The van der Waals surface area contributed by atoms with Crippen LogP contribution in [0.1, 0.15) is 65.7 Å². The third-order valence-electron chi connectivity index (χ3n) is 5.44. The second-order valence-electron chi connectivity index (χ2n) is 7.18. The van der Waals surface area contributed by atoms with Gasteiger partial charge in [-0.25, -0.2) is 0 Å². The number of hydrogen-bond donors (Lipinski definition) is 1. The number of hydrogen-bond acceptors (Lipinski definition) is 3. The van der Waals surface area contributed by atoms with Gasteiger partial charge in [0.15, 0.2) is 0 Å². The van der Waals surface area contributed by atoms with E-state index in [0.29, 0.717) is 12.2 Å². The minimum Gasteiger partial charge on any atom is -0.373 e. The highest BCUT2D eigenvalue weighted by molar-refractivity contribution is 4.96. The van der Waals surface area contributed by atoms with Gasteiger partial charge >= 0.3 is 0 Å². The molecule has 0 radical (unpaired) electrons. The van der Waals surface area contributed by atoms with Crippen LogP contribution >= 0.6 is 0 Å². The molecule has 1 aliphatic carbocycles. The maximum atomic E-state index is 6.27. The smallest absolute Gasteiger partial charge is 0.0678 e. The third kappa shape index (κ3) is 3.75. The van der Waals surface area contributed by atoms with Crippen LogP contribution in [-0.2, 0) is 4.74 Å². The predicted molar refractivity (Wildman–Crippen MR) is 84.9 cm³/mol. The van der Waals surface area contributed by atoms with E-state index < -0.39 is 0 Å². The minimum absolute atomic E-state index is 0.245. The van der Waals surface area contributed by atoms with Gasteiger partial charge in [0.05, 0.1) is 12.2 Å². The lowest BCUT2D eigenvalue weighted by molar-refractivity contribution is -0.104. The van der Waals surface area contributed by atoms with E-state index in [1.807, 2.05) is 0 Å². The molecule has 0 bridgehead atoms. The zero-order valence-electron chi connectivity index (χ0n) is 13.7. The maximum Gasteiger partial charge on any atom is 0.0678 e. The molecular formula is C17H34N2O. The van der Waals surface area contributed by atoms with Gasteiger partial charge < -0.3 is 10.5 Å². The van der Waals surface area contributed by atoms with Gasteiger partial charge in [0.2, 0.25) is 0 Å². The lowest BCUT2D eigenvalue weighted by atomic mass is 9.86. The van der Waals surface area contributed by atoms with Gasteiger partial charge in [0, 0.05) is 25.2 Å². The highest BCUT2D eigenvalue weighted by atomic mass is 16.5. The van der Waals surface area contributed by atoms with E-state index >= 15 is 0 Å². The van der Waals surface area contributed by atoms with Gasteiger partial charge in [0.1, 0.15) is 0 Å². The lowest BCUT2D eigenvalue weighted by Crippen LogP contribution is -2.60. The van der Waals surface area contributed by atoms with Crippen molar-refractivity contribution in [1.82, 2.24) is 4.90 Å². The largest absolute Gasteiger partial charge is 0.373 e. The van der Waals surface area contributed by atoms with E-state index in [0.717, 1.165) is 25.6 Å². The molecule has 0 aromatic rings. The Morgan fingerprint density at radius 3 is 2.45 bits per heavy atom. The standard InChI is InChI=1S/C17H34N2O/c1-4-6-16-7-5-9-17(13-18,10-8-16)19-11-14(2)20-15(3)12-19/h14-16H,4-13,18H2,1-3H3. The van der Waals surface area contributed by atoms with Crippen molar-refractivity contribution in [3.63, 3.8) is 0 Å². The van der Waals surface area contributed by atoms with Crippen LogP contribution < -0.4 is 5.73 Å². The molecule has 118 valence electrons. The van der Waals surface area contributed by atoms with Crippen molar-refractivity contribution < 1.29 is 4.74 Å². The van der Waals surface area contributed by atoms with Crippen molar-refractivity contribution in [1.29, 1.82) is 0 Å². The second kappa shape index (κ2) is 7.24. The molecule has 3 nitrogen and oxygen atoms in total. The fourth-order valence-corrected chi connectivity index (χ4v) is 4.37. The summed E-state index contributed by atoms with van der Waals surface area (Å²) in [5.74, 6) is 0.935. The van der Waals surface area contributed by atoms with Crippen molar-refractivity contribution in [3.8, 4) is 0 Å². The Labute approximate surface area is 125 Å². The summed E-state index contributed by atoms with van der Waals surface area (Å²) in [6, 6.07) is 0. The van der Waals surface area contributed by atoms with E-state index in [9.17, 15) is 0 Å². The molecule has 0 spiro atoms. The fraction of sp³-hybridized carbons (Fsp3) is 1.00. The van der Waals surface area contributed by atoms with Gasteiger partial charge in [-0.3, -0.25) is 4.90 Å². The average Bonchev–Trinajstić information content (AvgIpc) is 2.61. The monoisotopic (exact) mass is 282 g/mol. The Hall–Kier alpha value is -0.120. The van der Waals surface area contributed by atoms with Crippen LogP contribution in [0.15, 0.2) is 0 Å². The normalized spacial score (nSPS) is 40.5. The van der Waals surface area contributed by atoms with Crippen LogP contribution in [0.4, 0.5) is 0 Å². The van der Waals surface area contributed by atoms with Crippen LogP contribution in [0, 0.1) is 5.92 Å². The van der Waals surface area contributed by atoms with Gasteiger partial charge in [-0.1, -0.05) is 32.6 Å². The molecule has 1 saturated heterocycles. The van der Waals surface area contributed by atoms with Crippen LogP contribution in [0.25, 0.3) is 0 Å². The van der Waals surface area contributed by atoms with E-state index in [-0.39, 0.29) is 5.54 Å². The molecule has 2 N–H and O–H groups in total. The van der Waals surface area contributed by atoms with Gasteiger partial charge in [-0.05, 0) is 39.0 Å². The Morgan fingerprint density at radius 1 is 1.15 bits per heavy atom. The summed E-state index contributed by atoms with van der Waals surface area (Å²) < 4.78 is 5.91. The Balaban J connectivity index is 2.04. The lowest BCUT2D eigenvalue weighted by Gasteiger charge is -2.48. The molecule has 3 heteroatoms. The van der Waals surface area contributed by atoms with Crippen LogP contribution in [0.2, 0.25) is 0 Å². The summed E-state index contributed by atoms with van der Waals surface area (Å²) in [4.78, 5) is 2.67. The van der Waals surface area contributed by atoms with Crippen molar-refractivity contribution in [2.45, 2.75) is 83.5 Å². The number of rotatable bonds is 4. The minimum atomic E-state index is 0.245. The fourth-order valence-electron chi connectivity index (χ4n) is 4.37. The molecule has 4 atom stereocenters. The molecular weight excluding hydrogens is 248 g/mol. The van der Waals surface area contributed by atoms with E-state index in [1.165, 1.54) is 44.9 Å². The molecule has 0 amide bonds. The number of ether oxygens (including phenoxy) is 1. The zero-order valence-corrected chi connectivity index (χ0v) is 13.7. The summed E-state index contributed by atoms with van der Waals surface area (Å²) in [6.45, 7) is 9.63. The maximum absolute atomic E-state index is 6.27. The van der Waals surface area contributed by atoms with Gasteiger partial charge in [-0.2, -0.15) is 0 Å². The van der Waals surface area contributed by atoms with Crippen LogP contribution in [-0.4, -0.2) is 42.3 Å². The van der Waals surface area contributed by atoms with Gasteiger partial charge in [0.25, 0.3) is 0 Å². The molecule has 20 heavy (non-hydrogen) atoms. The zero-order chi connectivity index (χ0) is 14.6. The third-order valence-corrected chi connectivity index (χ3v) is 5.44.